The predicted octanol–water partition coefficient (Wildman–Crippen LogP) is 16.2. The molecule has 0 unspecified atom stereocenters. The van der Waals surface area contributed by atoms with Crippen LogP contribution in [-0.2, 0) is 10.8 Å². The highest BCUT2D eigenvalue weighted by atomic mass is 16.3. The third-order valence-corrected chi connectivity index (χ3v) is 13.7. The first-order valence-corrected chi connectivity index (χ1v) is 21.1. The van der Waals surface area contributed by atoms with Crippen molar-refractivity contribution < 1.29 is 4.42 Å². The summed E-state index contributed by atoms with van der Waals surface area (Å²) in [5, 5.41) is 4.71. The van der Waals surface area contributed by atoms with Gasteiger partial charge in [-0.05, 0) is 126 Å². The summed E-state index contributed by atoms with van der Waals surface area (Å²) in [6.07, 6.45) is 0. The maximum Gasteiger partial charge on any atom is 0.136 e. The second-order valence-corrected chi connectivity index (χ2v) is 17.7. The highest BCUT2D eigenvalue weighted by molar-refractivity contribution is 6.22. The molecule has 2 heteroatoms. The van der Waals surface area contributed by atoms with Gasteiger partial charge in [0.15, 0.2) is 0 Å². The molecule has 60 heavy (non-hydrogen) atoms. The van der Waals surface area contributed by atoms with E-state index in [0.717, 1.165) is 44.6 Å². The van der Waals surface area contributed by atoms with E-state index in [-0.39, 0.29) is 10.8 Å². The normalized spacial score (nSPS) is 14.3. The van der Waals surface area contributed by atoms with Crippen molar-refractivity contribution in [3.05, 3.63) is 210 Å². The van der Waals surface area contributed by atoms with Crippen LogP contribution in [0.2, 0.25) is 0 Å². The number of rotatable bonds is 5. The van der Waals surface area contributed by atoms with Gasteiger partial charge in [-0.3, -0.25) is 0 Å². The van der Waals surface area contributed by atoms with E-state index < -0.39 is 0 Å². The van der Waals surface area contributed by atoms with Gasteiger partial charge in [-0.1, -0.05) is 167 Å². The van der Waals surface area contributed by atoms with Gasteiger partial charge in [0.05, 0.1) is 0 Å². The van der Waals surface area contributed by atoms with E-state index in [1.54, 1.807) is 0 Å². The van der Waals surface area contributed by atoms with E-state index >= 15 is 0 Å². The van der Waals surface area contributed by atoms with E-state index in [1.807, 2.05) is 6.07 Å². The summed E-state index contributed by atoms with van der Waals surface area (Å²) in [5.74, 6) is 0. The molecule has 1 aromatic heterocycles. The third kappa shape index (κ3) is 4.94. The highest BCUT2D eigenvalue weighted by Crippen LogP contribution is 2.54. The number of para-hydroxylation sites is 1. The van der Waals surface area contributed by atoms with E-state index in [1.165, 1.54) is 72.0 Å². The van der Waals surface area contributed by atoms with Crippen LogP contribution in [0.5, 0.6) is 0 Å². The minimum Gasteiger partial charge on any atom is -0.456 e. The van der Waals surface area contributed by atoms with E-state index in [4.69, 9.17) is 4.42 Å². The van der Waals surface area contributed by atoms with Gasteiger partial charge in [0.2, 0.25) is 0 Å². The maximum absolute atomic E-state index is 6.59. The fourth-order valence-electron chi connectivity index (χ4n) is 10.7. The van der Waals surface area contributed by atoms with E-state index in [9.17, 15) is 0 Å². The Labute approximate surface area is 351 Å². The van der Waals surface area contributed by atoms with Gasteiger partial charge in [-0.2, -0.15) is 0 Å². The van der Waals surface area contributed by atoms with Crippen molar-refractivity contribution in [1.29, 1.82) is 0 Å². The fourth-order valence-corrected chi connectivity index (χ4v) is 10.7. The molecule has 2 nitrogen and oxygen atoms in total. The first-order valence-electron chi connectivity index (χ1n) is 21.1. The van der Waals surface area contributed by atoms with Crippen molar-refractivity contribution in [3.63, 3.8) is 0 Å². The Bertz CT molecular complexity index is 3280. The average molecular weight is 770 g/mol. The molecule has 10 aromatic rings. The first kappa shape index (κ1) is 34.8. The molecule has 2 aliphatic carbocycles. The minimum absolute atomic E-state index is 0.134. The van der Waals surface area contributed by atoms with Crippen LogP contribution in [0.4, 0.5) is 17.1 Å². The van der Waals surface area contributed by atoms with Crippen LogP contribution in [0.15, 0.2) is 192 Å². The zero-order valence-corrected chi connectivity index (χ0v) is 34.3. The Morgan fingerprint density at radius 1 is 0.333 bits per heavy atom. The lowest BCUT2D eigenvalue weighted by Crippen LogP contribution is -2.18. The van der Waals surface area contributed by atoms with Gasteiger partial charge in [0, 0.05) is 38.7 Å². The van der Waals surface area contributed by atoms with Gasteiger partial charge in [0.1, 0.15) is 11.2 Å². The molecule has 0 saturated carbocycles. The third-order valence-electron chi connectivity index (χ3n) is 13.7. The molecule has 1 heterocycles. The van der Waals surface area contributed by atoms with Crippen LogP contribution in [0.3, 0.4) is 0 Å². The van der Waals surface area contributed by atoms with Crippen LogP contribution in [0.1, 0.15) is 49.9 Å². The van der Waals surface area contributed by atoms with Crippen LogP contribution < -0.4 is 4.90 Å². The molecule has 0 spiro atoms. The summed E-state index contributed by atoms with van der Waals surface area (Å²) in [6.45, 7) is 9.47. The molecule has 0 radical (unpaired) electrons. The standard InChI is InChI=1S/C58H43NO/c1-57(2)50-23-13-10-19-42(50)44-30-27-38(33-52(44)57)59(39-28-31-45-43-20-11-14-24-51(43)58(3,4)53(45)34-39)37-26-29-41(48(32-37)36-16-6-5-7-17-36)49-35-55-56(46-21-9-8-18-40(46)49)47-22-12-15-25-54(47)60-55/h5-35H,1-4H3. The number of anilines is 3. The molecule has 2 aliphatic rings. The summed E-state index contributed by atoms with van der Waals surface area (Å²) in [6, 6.07) is 69.4. The summed E-state index contributed by atoms with van der Waals surface area (Å²) in [4.78, 5) is 2.48. The average Bonchev–Trinajstić information content (AvgIpc) is 3.86. The van der Waals surface area contributed by atoms with Crippen LogP contribution in [0.25, 0.3) is 77.2 Å². The van der Waals surface area contributed by atoms with Crippen LogP contribution in [-0.4, -0.2) is 0 Å². The summed E-state index contributed by atoms with van der Waals surface area (Å²) in [7, 11) is 0. The molecule has 0 atom stereocenters. The van der Waals surface area contributed by atoms with Crippen molar-refractivity contribution in [3.8, 4) is 44.5 Å². The van der Waals surface area contributed by atoms with Crippen molar-refractivity contribution in [1.82, 2.24) is 0 Å². The number of hydrogen-bond acceptors (Lipinski definition) is 2. The monoisotopic (exact) mass is 769 g/mol. The lowest BCUT2D eigenvalue weighted by Gasteiger charge is -2.30. The molecule has 0 aliphatic heterocycles. The molecule has 0 bridgehead atoms. The molecule has 286 valence electrons. The highest BCUT2D eigenvalue weighted by Gasteiger charge is 2.38. The van der Waals surface area contributed by atoms with Gasteiger partial charge >= 0.3 is 0 Å². The second kappa shape index (κ2) is 12.7. The van der Waals surface area contributed by atoms with Gasteiger partial charge in [-0.25, -0.2) is 0 Å². The van der Waals surface area contributed by atoms with Gasteiger partial charge in [0.25, 0.3) is 0 Å². The van der Waals surface area contributed by atoms with E-state index in [0.29, 0.717) is 0 Å². The Hall–Kier alpha value is -7.16. The number of nitrogens with zero attached hydrogens (tertiary/aromatic N) is 1. The van der Waals surface area contributed by atoms with Gasteiger partial charge in [-0.15, -0.1) is 0 Å². The Kier molecular flexibility index (Phi) is 7.36. The Morgan fingerprint density at radius 3 is 1.45 bits per heavy atom. The number of fused-ring (bicyclic) bond motifs is 11. The number of benzene rings is 9. The topological polar surface area (TPSA) is 16.4 Å². The SMILES string of the molecule is CC1(C)c2ccccc2-c2ccc(N(c3ccc(-c4cc5oc6ccccc6c5c5ccccc45)c(-c4ccccc4)c3)c3ccc4c(c3)C(C)(C)c3ccccc3-4)cc21. The van der Waals surface area contributed by atoms with Crippen molar-refractivity contribution >= 4 is 49.8 Å². The summed E-state index contributed by atoms with van der Waals surface area (Å²) >= 11 is 0. The zero-order chi connectivity index (χ0) is 40.3. The number of furan rings is 1. The minimum atomic E-state index is -0.134. The predicted molar refractivity (Wildman–Crippen MR) is 252 cm³/mol. The largest absolute Gasteiger partial charge is 0.456 e. The van der Waals surface area contributed by atoms with Crippen molar-refractivity contribution in [2.24, 2.45) is 0 Å². The zero-order valence-electron chi connectivity index (χ0n) is 34.3. The quantitative estimate of drug-likeness (QED) is 0.173. The molecule has 0 fully saturated rings. The Balaban J connectivity index is 1.10. The number of hydrogen-bond donors (Lipinski definition) is 0. The summed E-state index contributed by atoms with van der Waals surface area (Å²) in [5.41, 5.74) is 20.3. The van der Waals surface area contributed by atoms with E-state index in [2.05, 4.69) is 215 Å². The maximum atomic E-state index is 6.59. The summed E-state index contributed by atoms with van der Waals surface area (Å²) < 4.78 is 6.59. The molecule has 0 N–H and O–H groups in total. The lowest BCUT2D eigenvalue weighted by molar-refractivity contribution is 0.660. The van der Waals surface area contributed by atoms with Crippen molar-refractivity contribution in [2.45, 2.75) is 38.5 Å². The molecular weight excluding hydrogens is 727 g/mol. The van der Waals surface area contributed by atoms with Crippen molar-refractivity contribution in [2.75, 3.05) is 4.90 Å². The van der Waals surface area contributed by atoms with Crippen LogP contribution in [0, 0.1) is 0 Å². The lowest BCUT2D eigenvalue weighted by atomic mass is 9.82. The first-order chi connectivity index (χ1) is 29.3. The molecule has 0 saturated heterocycles. The molecule has 9 aromatic carbocycles. The fraction of sp³-hybridized carbons (Fsp3) is 0.103. The Morgan fingerprint density at radius 2 is 0.817 bits per heavy atom. The second-order valence-electron chi connectivity index (χ2n) is 17.7. The van der Waals surface area contributed by atoms with Crippen LogP contribution >= 0.6 is 0 Å². The molecular formula is C58H43NO. The molecule has 12 rings (SSSR count). The molecule has 0 amide bonds. The smallest absolute Gasteiger partial charge is 0.136 e. The van der Waals surface area contributed by atoms with Gasteiger partial charge < -0.3 is 9.32 Å².